The quantitative estimate of drug-likeness (QED) is 0.0670. The Labute approximate surface area is 292 Å². The molecule has 0 radical (unpaired) electrons. The number of ether oxygens (including phenoxy) is 6. The summed E-state index contributed by atoms with van der Waals surface area (Å²) < 4.78 is 38.2. The Morgan fingerprint density at radius 3 is 2.23 bits per heavy atom. The predicted molar refractivity (Wildman–Crippen MR) is 170 cm³/mol. The van der Waals surface area contributed by atoms with Crippen LogP contribution in [0.1, 0.15) is 19.8 Å². The van der Waals surface area contributed by atoms with E-state index in [4.69, 9.17) is 28.1 Å². The van der Waals surface area contributed by atoms with E-state index in [1.54, 1.807) is 0 Å². The lowest BCUT2D eigenvalue weighted by Crippen LogP contribution is -2.62. The maximum atomic E-state index is 13.9. The second-order valence-corrected chi connectivity index (χ2v) is 11.9. The SMILES string of the molecule is C=COC(=O)CCC(=O)O[C@@H]1[C@@H](O)[C@H](Oc2c(-c3ccc(O)c(O)c3)oc3cc(O)cc(O)c3c2=O)O[C@H](CO[C@@H]2O[C@@H](C)[C@H](O)[C@@H](O)[C@H]2O)[C@H]1O. The number of benzene rings is 2. The standard InChI is InChI=1S/C33H36O19/c1-3-46-20(38)6-7-21(39)51-30-24(41)19(11-47-32-27(44)26(43)23(40)12(2)48-32)50-33(28(30)45)52-31-25(42)22-17(37)9-14(34)10-18(22)49-29(31)13-4-5-15(35)16(36)8-13/h3-5,8-10,12,19,23-24,26-28,30,32-37,40-41,43-45H,1,6-7,11H2,2H3/t12-,19+,23-,24+,26+,27+,28+,30-,32+,33-/m0/s1. The molecule has 3 heterocycles. The van der Waals surface area contributed by atoms with Crippen LogP contribution in [0.15, 0.2) is 52.4 Å². The predicted octanol–water partition coefficient (Wildman–Crippen LogP) is -0.669. The summed E-state index contributed by atoms with van der Waals surface area (Å²) in [6, 6.07) is 5.07. The number of phenols is 4. The Bertz CT molecular complexity index is 1860. The Morgan fingerprint density at radius 1 is 0.827 bits per heavy atom. The summed E-state index contributed by atoms with van der Waals surface area (Å²) in [6.07, 6.45) is -17.3. The highest BCUT2D eigenvalue weighted by atomic mass is 16.7. The van der Waals surface area contributed by atoms with Crippen molar-refractivity contribution in [2.45, 2.75) is 81.2 Å². The fourth-order valence-corrected chi connectivity index (χ4v) is 5.53. The highest BCUT2D eigenvalue weighted by molar-refractivity contribution is 5.88. The number of carbonyl (C=O) groups excluding carboxylic acids is 2. The number of rotatable bonds is 11. The normalized spacial score (nSPS) is 29.0. The minimum absolute atomic E-state index is 0.0926. The number of fused-ring (bicyclic) bond motifs is 1. The van der Waals surface area contributed by atoms with Crippen LogP contribution in [-0.4, -0.2) is 126 Å². The molecule has 5 rings (SSSR count). The van der Waals surface area contributed by atoms with E-state index < -0.39 is 138 Å². The zero-order chi connectivity index (χ0) is 38.0. The summed E-state index contributed by atoms with van der Waals surface area (Å²) in [4.78, 5) is 38.4. The van der Waals surface area contributed by atoms with Gasteiger partial charge in [0, 0.05) is 17.7 Å². The molecule has 3 aromatic rings. The van der Waals surface area contributed by atoms with E-state index in [-0.39, 0.29) is 11.1 Å². The fourth-order valence-electron chi connectivity index (χ4n) is 5.53. The summed E-state index contributed by atoms with van der Waals surface area (Å²) in [6.45, 7) is 3.91. The molecular weight excluding hydrogens is 700 g/mol. The number of phenolic OH excluding ortho intramolecular Hbond substituents is 4. The Kier molecular flexibility index (Phi) is 11.6. The molecule has 0 bridgehead atoms. The third-order valence-electron chi connectivity index (χ3n) is 8.28. The summed E-state index contributed by atoms with van der Waals surface area (Å²) in [5.41, 5.74) is -1.53. The van der Waals surface area contributed by atoms with Gasteiger partial charge in [0.15, 0.2) is 35.8 Å². The second kappa shape index (κ2) is 15.7. The molecule has 9 N–H and O–H groups in total. The van der Waals surface area contributed by atoms with Gasteiger partial charge in [0.2, 0.25) is 17.5 Å². The largest absolute Gasteiger partial charge is 0.508 e. The fraction of sp³-hybridized carbons (Fsp3) is 0.424. The van der Waals surface area contributed by atoms with Crippen LogP contribution in [0, 0.1) is 0 Å². The van der Waals surface area contributed by atoms with Crippen molar-refractivity contribution in [2.75, 3.05) is 6.61 Å². The first kappa shape index (κ1) is 38.2. The maximum Gasteiger partial charge on any atom is 0.311 e. The smallest absolute Gasteiger partial charge is 0.311 e. The second-order valence-electron chi connectivity index (χ2n) is 11.9. The van der Waals surface area contributed by atoms with Crippen molar-refractivity contribution in [2.24, 2.45) is 0 Å². The summed E-state index contributed by atoms with van der Waals surface area (Å²) in [7, 11) is 0. The van der Waals surface area contributed by atoms with E-state index in [0.29, 0.717) is 0 Å². The Morgan fingerprint density at radius 2 is 1.54 bits per heavy atom. The molecule has 0 saturated carbocycles. The van der Waals surface area contributed by atoms with Crippen molar-refractivity contribution >= 4 is 22.9 Å². The van der Waals surface area contributed by atoms with Gasteiger partial charge in [-0.1, -0.05) is 6.58 Å². The van der Waals surface area contributed by atoms with Crippen molar-refractivity contribution in [3.05, 3.63) is 53.4 Å². The third-order valence-corrected chi connectivity index (χ3v) is 8.28. The van der Waals surface area contributed by atoms with Gasteiger partial charge in [0.25, 0.3) is 0 Å². The maximum absolute atomic E-state index is 13.9. The van der Waals surface area contributed by atoms with Gasteiger partial charge in [0.05, 0.1) is 31.8 Å². The molecule has 19 nitrogen and oxygen atoms in total. The molecule has 52 heavy (non-hydrogen) atoms. The first-order valence-electron chi connectivity index (χ1n) is 15.7. The summed E-state index contributed by atoms with van der Waals surface area (Å²) >= 11 is 0. The zero-order valence-corrected chi connectivity index (χ0v) is 27.2. The Balaban J connectivity index is 1.51. The van der Waals surface area contributed by atoms with Gasteiger partial charge in [0.1, 0.15) is 53.0 Å². The van der Waals surface area contributed by atoms with Crippen molar-refractivity contribution in [3.63, 3.8) is 0 Å². The van der Waals surface area contributed by atoms with Crippen LogP contribution in [-0.2, 0) is 33.3 Å². The average molecular weight is 737 g/mol. The molecule has 19 heteroatoms. The highest BCUT2D eigenvalue weighted by Crippen LogP contribution is 2.39. The average Bonchev–Trinajstić information content (AvgIpc) is 3.09. The van der Waals surface area contributed by atoms with E-state index in [0.717, 1.165) is 30.5 Å². The van der Waals surface area contributed by atoms with E-state index >= 15 is 0 Å². The first-order chi connectivity index (χ1) is 24.6. The van der Waals surface area contributed by atoms with E-state index in [1.165, 1.54) is 13.0 Å². The Hall–Kier alpha value is -4.99. The number of hydrogen-bond donors (Lipinski definition) is 9. The number of aliphatic hydroxyl groups is 5. The van der Waals surface area contributed by atoms with Crippen molar-refractivity contribution < 1.29 is 88.4 Å². The molecule has 10 atom stereocenters. The van der Waals surface area contributed by atoms with Crippen LogP contribution in [0.5, 0.6) is 28.7 Å². The van der Waals surface area contributed by atoms with Crippen molar-refractivity contribution in [1.82, 2.24) is 0 Å². The van der Waals surface area contributed by atoms with Gasteiger partial charge in [-0.05, 0) is 25.1 Å². The van der Waals surface area contributed by atoms with E-state index in [2.05, 4.69) is 11.3 Å². The van der Waals surface area contributed by atoms with Gasteiger partial charge in [-0.3, -0.25) is 14.4 Å². The van der Waals surface area contributed by atoms with Crippen molar-refractivity contribution in [3.8, 4) is 40.1 Å². The van der Waals surface area contributed by atoms with Gasteiger partial charge < -0.3 is 78.8 Å². The topological polar surface area (TPSA) is 302 Å². The number of aromatic hydroxyl groups is 4. The molecule has 0 amide bonds. The van der Waals surface area contributed by atoms with Crippen LogP contribution in [0.2, 0.25) is 0 Å². The van der Waals surface area contributed by atoms with Gasteiger partial charge in [-0.2, -0.15) is 0 Å². The lowest BCUT2D eigenvalue weighted by molar-refractivity contribution is -0.319. The van der Waals surface area contributed by atoms with Gasteiger partial charge >= 0.3 is 11.9 Å². The molecule has 2 aliphatic rings. The number of esters is 2. The molecule has 2 aliphatic heterocycles. The summed E-state index contributed by atoms with van der Waals surface area (Å²) in [5, 5.41) is 93.2. The van der Waals surface area contributed by atoms with E-state index in [9.17, 15) is 60.3 Å². The number of hydrogen-bond acceptors (Lipinski definition) is 19. The molecule has 0 unspecified atom stereocenters. The molecule has 2 fully saturated rings. The first-order valence-corrected chi connectivity index (χ1v) is 15.7. The molecule has 282 valence electrons. The lowest BCUT2D eigenvalue weighted by atomic mass is 9.98. The monoisotopic (exact) mass is 736 g/mol. The van der Waals surface area contributed by atoms with Gasteiger partial charge in [-0.15, -0.1) is 0 Å². The third kappa shape index (κ3) is 7.91. The van der Waals surface area contributed by atoms with Crippen LogP contribution in [0.25, 0.3) is 22.3 Å². The lowest BCUT2D eigenvalue weighted by Gasteiger charge is -2.43. The molecule has 0 spiro atoms. The molecule has 0 aliphatic carbocycles. The van der Waals surface area contributed by atoms with E-state index in [1.807, 2.05) is 0 Å². The number of aliphatic hydroxyl groups excluding tert-OH is 5. The molecule has 2 aromatic carbocycles. The van der Waals surface area contributed by atoms with Crippen molar-refractivity contribution in [1.29, 1.82) is 0 Å². The van der Waals surface area contributed by atoms with Crippen LogP contribution in [0.3, 0.4) is 0 Å². The minimum atomic E-state index is -2.10. The van der Waals surface area contributed by atoms with Crippen LogP contribution < -0.4 is 10.2 Å². The van der Waals surface area contributed by atoms with Gasteiger partial charge in [-0.25, -0.2) is 0 Å². The zero-order valence-electron chi connectivity index (χ0n) is 27.2. The molecular formula is C33H36O19. The number of carbonyl (C=O) groups is 2. The highest BCUT2D eigenvalue weighted by Gasteiger charge is 2.50. The summed E-state index contributed by atoms with van der Waals surface area (Å²) in [5.74, 6) is -5.61. The molecule has 2 saturated heterocycles. The minimum Gasteiger partial charge on any atom is -0.508 e. The van der Waals surface area contributed by atoms with Crippen LogP contribution in [0.4, 0.5) is 0 Å². The molecule has 1 aromatic heterocycles. The van der Waals surface area contributed by atoms with Crippen LogP contribution >= 0.6 is 0 Å².